The molecule has 322 valence electrons. The minimum absolute atomic E-state index is 1.09. The minimum atomic E-state index is 1.09. The van der Waals surface area contributed by atoms with Crippen LogP contribution in [0.4, 0.5) is 34.1 Å². The molecule has 0 aromatic heterocycles. The molecule has 68 heavy (non-hydrogen) atoms. The second kappa shape index (κ2) is 19.2. The summed E-state index contributed by atoms with van der Waals surface area (Å²) in [7, 11) is 0. The number of benzene rings is 11. The molecule has 0 spiro atoms. The summed E-state index contributed by atoms with van der Waals surface area (Å²) in [5, 5.41) is 0. The fraction of sp³-hybridized carbons (Fsp3) is 0. The third-order valence-corrected chi connectivity index (χ3v) is 12.6. The average molecular weight is 869 g/mol. The van der Waals surface area contributed by atoms with Crippen LogP contribution in [0.15, 0.2) is 291 Å². The highest BCUT2D eigenvalue weighted by Crippen LogP contribution is 2.42. The predicted molar refractivity (Wildman–Crippen MR) is 288 cm³/mol. The highest BCUT2D eigenvalue weighted by molar-refractivity contribution is 5.87. The van der Waals surface area contributed by atoms with Crippen molar-refractivity contribution in [3.8, 4) is 66.8 Å². The first-order valence-corrected chi connectivity index (χ1v) is 23.2. The summed E-state index contributed by atoms with van der Waals surface area (Å²) in [5.74, 6) is 0. The Morgan fingerprint density at radius 2 is 0.324 bits per heavy atom. The van der Waals surface area contributed by atoms with Crippen LogP contribution >= 0.6 is 0 Å². The van der Waals surface area contributed by atoms with Gasteiger partial charge in [-0.3, -0.25) is 0 Å². The lowest BCUT2D eigenvalue weighted by Crippen LogP contribution is -2.10. The van der Waals surface area contributed by atoms with Crippen LogP contribution < -0.4 is 9.80 Å². The molecule has 0 N–H and O–H groups in total. The number of anilines is 6. The Hall–Kier alpha value is -8.98. The Morgan fingerprint density at radius 1 is 0.132 bits per heavy atom. The van der Waals surface area contributed by atoms with Gasteiger partial charge in [0.05, 0.1) is 0 Å². The zero-order chi connectivity index (χ0) is 45.5. The van der Waals surface area contributed by atoms with Gasteiger partial charge in [-0.15, -0.1) is 0 Å². The quantitative estimate of drug-likeness (QED) is 0.121. The van der Waals surface area contributed by atoms with Gasteiger partial charge in [0, 0.05) is 34.1 Å². The van der Waals surface area contributed by atoms with Crippen molar-refractivity contribution in [3.05, 3.63) is 291 Å². The molecule has 0 aliphatic carbocycles. The number of hydrogen-bond acceptors (Lipinski definition) is 2. The van der Waals surface area contributed by atoms with E-state index in [4.69, 9.17) is 0 Å². The number of nitrogens with zero attached hydrogens (tertiary/aromatic N) is 2. The van der Waals surface area contributed by atoms with E-state index in [0.717, 1.165) is 45.3 Å². The molecule has 0 fully saturated rings. The van der Waals surface area contributed by atoms with Gasteiger partial charge >= 0.3 is 0 Å². The van der Waals surface area contributed by atoms with Gasteiger partial charge < -0.3 is 9.80 Å². The molecule has 0 amide bonds. The summed E-state index contributed by atoms with van der Waals surface area (Å²) in [5.41, 5.74) is 20.7. The highest BCUT2D eigenvalue weighted by Gasteiger charge is 2.18. The molecular weight excluding hydrogens is 821 g/mol. The Labute approximate surface area is 400 Å². The molecule has 0 radical (unpaired) electrons. The van der Waals surface area contributed by atoms with Crippen molar-refractivity contribution in [2.24, 2.45) is 0 Å². The van der Waals surface area contributed by atoms with E-state index in [-0.39, 0.29) is 0 Å². The van der Waals surface area contributed by atoms with E-state index in [2.05, 4.69) is 301 Å². The van der Waals surface area contributed by atoms with E-state index < -0.39 is 0 Å². The monoisotopic (exact) mass is 868 g/mol. The molecule has 2 heteroatoms. The Bertz CT molecular complexity index is 3030. The van der Waals surface area contributed by atoms with Crippen LogP contribution in [0, 0.1) is 0 Å². The summed E-state index contributed by atoms with van der Waals surface area (Å²) in [6, 6.07) is 105. The van der Waals surface area contributed by atoms with Crippen LogP contribution in [0.5, 0.6) is 0 Å². The van der Waals surface area contributed by atoms with Gasteiger partial charge in [0.1, 0.15) is 0 Å². The van der Waals surface area contributed by atoms with E-state index in [1.165, 1.54) is 55.6 Å². The molecule has 11 aromatic carbocycles. The van der Waals surface area contributed by atoms with Crippen molar-refractivity contribution in [3.63, 3.8) is 0 Å². The van der Waals surface area contributed by atoms with Gasteiger partial charge in [-0.25, -0.2) is 0 Å². The lowest BCUT2D eigenvalue weighted by molar-refractivity contribution is 1.28. The molecule has 11 rings (SSSR count). The first kappa shape index (κ1) is 41.7. The first-order chi connectivity index (χ1) is 33.7. The van der Waals surface area contributed by atoms with E-state index in [0.29, 0.717) is 0 Å². The molecular formula is C66H48N2. The maximum Gasteiger partial charge on any atom is 0.0473 e. The zero-order valence-electron chi connectivity index (χ0n) is 37.6. The molecule has 2 nitrogen and oxygen atoms in total. The lowest BCUT2D eigenvalue weighted by Gasteiger charge is -2.27. The van der Waals surface area contributed by atoms with E-state index in [1.54, 1.807) is 0 Å². The standard InChI is InChI=1S/C66H48N2/c1-7-19-49(20-8-1)57-43-58(50-21-9-2-10-22-50)46-65(45-57)67(61-27-15-5-16-28-61)63-39-35-55(36-40-63)53-31-33-54(34-32-53)56-37-41-64(42-38-56)68(62-29-17-6-18-30-62)66-47-59(51-23-11-3-12-24-51)44-60(48-66)52-25-13-4-14-26-52/h1-48H. The fourth-order valence-corrected chi connectivity index (χ4v) is 9.18. The molecule has 0 aliphatic rings. The highest BCUT2D eigenvalue weighted by atomic mass is 15.1. The summed E-state index contributed by atoms with van der Waals surface area (Å²) < 4.78 is 0. The molecule has 11 aromatic rings. The molecule has 0 atom stereocenters. The molecule has 0 bridgehead atoms. The van der Waals surface area contributed by atoms with Crippen molar-refractivity contribution in [2.45, 2.75) is 0 Å². The SMILES string of the molecule is c1ccc(-c2cc(-c3ccccc3)cc(N(c3ccccc3)c3ccc(-c4ccc(-c5ccc(N(c6ccccc6)c6cc(-c7ccccc7)cc(-c7ccccc7)c6)cc5)cc4)cc3)c2)cc1. The lowest BCUT2D eigenvalue weighted by atomic mass is 9.97. The summed E-state index contributed by atoms with van der Waals surface area (Å²) in [6.45, 7) is 0. The topological polar surface area (TPSA) is 6.48 Å². The fourth-order valence-electron chi connectivity index (χ4n) is 9.18. The van der Waals surface area contributed by atoms with Crippen LogP contribution in [0.25, 0.3) is 66.8 Å². The zero-order valence-corrected chi connectivity index (χ0v) is 37.6. The molecule has 0 heterocycles. The van der Waals surface area contributed by atoms with Crippen molar-refractivity contribution in [2.75, 3.05) is 9.80 Å². The first-order valence-electron chi connectivity index (χ1n) is 23.2. The maximum atomic E-state index is 2.36. The van der Waals surface area contributed by atoms with Crippen molar-refractivity contribution < 1.29 is 0 Å². The predicted octanol–water partition coefficient (Wildman–Crippen LogP) is 18.6. The number of hydrogen-bond donors (Lipinski definition) is 0. The second-order valence-corrected chi connectivity index (χ2v) is 17.0. The van der Waals surface area contributed by atoms with Gasteiger partial charge in [0.2, 0.25) is 0 Å². The van der Waals surface area contributed by atoms with Crippen molar-refractivity contribution in [1.82, 2.24) is 0 Å². The Balaban J connectivity index is 0.895. The third kappa shape index (κ3) is 9.00. The summed E-state index contributed by atoms with van der Waals surface area (Å²) >= 11 is 0. The molecule has 0 saturated carbocycles. The van der Waals surface area contributed by atoms with Crippen LogP contribution in [0.3, 0.4) is 0 Å². The average Bonchev–Trinajstić information content (AvgIpc) is 3.43. The van der Waals surface area contributed by atoms with E-state index in [1.807, 2.05) is 0 Å². The van der Waals surface area contributed by atoms with Gasteiger partial charge in [0.25, 0.3) is 0 Å². The summed E-state index contributed by atoms with van der Waals surface area (Å²) in [4.78, 5) is 4.72. The Morgan fingerprint density at radius 3 is 0.574 bits per heavy atom. The normalized spacial score (nSPS) is 10.9. The van der Waals surface area contributed by atoms with Crippen LogP contribution in [0.1, 0.15) is 0 Å². The minimum Gasteiger partial charge on any atom is -0.310 e. The van der Waals surface area contributed by atoms with Gasteiger partial charge in [-0.1, -0.05) is 206 Å². The third-order valence-electron chi connectivity index (χ3n) is 12.6. The van der Waals surface area contributed by atoms with Gasteiger partial charge in [-0.2, -0.15) is 0 Å². The molecule has 0 unspecified atom stereocenters. The van der Waals surface area contributed by atoms with Crippen LogP contribution in [-0.4, -0.2) is 0 Å². The molecule has 0 saturated heterocycles. The van der Waals surface area contributed by atoms with Crippen LogP contribution in [0.2, 0.25) is 0 Å². The largest absolute Gasteiger partial charge is 0.310 e. The summed E-state index contributed by atoms with van der Waals surface area (Å²) in [6.07, 6.45) is 0. The van der Waals surface area contributed by atoms with E-state index in [9.17, 15) is 0 Å². The smallest absolute Gasteiger partial charge is 0.0473 e. The molecule has 0 aliphatic heterocycles. The number of para-hydroxylation sites is 2. The van der Waals surface area contributed by atoms with Crippen molar-refractivity contribution >= 4 is 34.1 Å². The number of rotatable bonds is 12. The Kier molecular flexibility index (Phi) is 11.8. The second-order valence-electron chi connectivity index (χ2n) is 17.0. The maximum absolute atomic E-state index is 2.36. The van der Waals surface area contributed by atoms with Gasteiger partial charge in [0.15, 0.2) is 0 Å². The van der Waals surface area contributed by atoms with Gasteiger partial charge in [-0.05, 0) is 152 Å². The van der Waals surface area contributed by atoms with Crippen molar-refractivity contribution in [1.29, 1.82) is 0 Å². The van der Waals surface area contributed by atoms with E-state index >= 15 is 0 Å². The van der Waals surface area contributed by atoms with Crippen LogP contribution in [-0.2, 0) is 0 Å².